The smallest absolute Gasteiger partial charge is 0.350 e. The number of rotatable bonds is 5. The number of esters is 1. The minimum Gasteiger partial charge on any atom is -0.453 e. The molecule has 1 aromatic carbocycles. The van der Waals surface area contributed by atoms with Gasteiger partial charge in [-0.15, -0.1) is 16.4 Å². The van der Waals surface area contributed by atoms with Crippen molar-refractivity contribution in [1.82, 2.24) is 20.2 Å². The summed E-state index contributed by atoms with van der Waals surface area (Å²) in [5.74, 6) is 0.0599. The molecule has 3 aromatic rings. The van der Waals surface area contributed by atoms with Crippen LogP contribution >= 0.6 is 22.9 Å². The van der Waals surface area contributed by atoms with Crippen molar-refractivity contribution < 1.29 is 9.53 Å². The van der Waals surface area contributed by atoms with Gasteiger partial charge < -0.3 is 4.74 Å². The Morgan fingerprint density at radius 2 is 2.23 bits per heavy atom. The lowest BCUT2D eigenvalue weighted by Gasteiger charge is -2.04. The van der Waals surface area contributed by atoms with Gasteiger partial charge in [-0.05, 0) is 22.9 Å². The molecule has 3 rings (SSSR count). The number of hydrogen-bond acceptors (Lipinski definition) is 6. The molecule has 0 N–H and O–H groups in total. The molecule has 0 aliphatic carbocycles. The van der Waals surface area contributed by atoms with E-state index in [0.29, 0.717) is 22.3 Å². The monoisotopic (exact) mass is 336 g/mol. The molecule has 0 amide bonds. The molecule has 0 spiro atoms. The fourth-order valence-electron chi connectivity index (χ4n) is 2.05. The normalized spacial score (nSPS) is 11.0. The number of nitrogens with zero attached hydrogens (tertiary/aromatic N) is 4. The highest BCUT2D eigenvalue weighted by Crippen LogP contribution is 2.35. The SMILES string of the molecule is CCCn1nnnc1COC(=O)c1sc2ccccc2c1Cl. The molecule has 8 heteroatoms. The van der Waals surface area contributed by atoms with Crippen LogP contribution in [0, 0.1) is 0 Å². The second-order valence-electron chi connectivity index (χ2n) is 4.64. The van der Waals surface area contributed by atoms with E-state index in [1.54, 1.807) is 4.68 Å². The molecule has 2 heterocycles. The highest BCUT2D eigenvalue weighted by molar-refractivity contribution is 7.21. The number of halogens is 1. The Balaban J connectivity index is 1.76. The molecular formula is C14H13ClN4O2S. The minimum atomic E-state index is -0.461. The molecule has 2 aromatic heterocycles. The molecule has 0 radical (unpaired) electrons. The Labute approximate surface area is 135 Å². The van der Waals surface area contributed by atoms with Gasteiger partial charge >= 0.3 is 5.97 Å². The van der Waals surface area contributed by atoms with Crippen molar-refractivity contribution in [2.45, 2.75) is 26.5 Å². The summed E-state index contributed by atoms with van der Waals surface area (Å²) in [6, 6.07) is 7.59. The zero-order valence-electron chi connectivity index (χ0n) is 11.8. The van der Waals surface area contributed by atoms with Crippen molar-refractivity contribution in [3.8, 4) is 0 Å². The first kappa shape index (κ1) is 14.9. The fourth-order valence-corrected chi connectivity index (χ4v) is 3.46. The maximum atomic E-state index is 12.2. The number of aromatic nitrogens is 4. The van der Waals surface area contributed by atoms with Gasteiger partial charge in [-0.1, -0.05) is 36.7 Å². The summed E-state index contributed by atoms with van der Waals surface area (Å²) in [5, 5.41) is 12.6. The van der Waals surface area contributed by atoms with Crippen LogP contribution < -0.4 is 0 Å². The molecule has 114 valence electrons. The topological polar surface area (TPSA) is 69.9 Å². The standard InChI is InChI=1S/C14H13ClN4O2S/c1-2-7-19-11(16-17-18-19)8-21-14(20)13-12(15)9-5-3-4-6-10(9)22-13/h3-6H,2,7-8H2,1H3. The largest absolute Gasteiger partial charge is 0.453 e. The molecule has 0 unspecified atom stereocenters. The number of aryl methyl sites for hydroxylation is 1. The third-order valence-corrected chi connectivity index (χ3v) is 4.75. The van der Waals surface area contributed by atoms with E-state index >= 15 is 0 Å². The van der Waals surface area contributed by atoms with E-state index in [2.05, 4.69) is 15.5 Å². The van der Waals surface area contributed by atoms with E-state index < -0.39 is 5.97 Å². The lowest BCUT2D eigenvalue weighted by atomic mass is 10.2. The minimum absolute atomic E-state index is 0.0242. The van der Waals surface area contributed by atoms with Crippen LogP contribution in [0.25, 0.3) is 10.1 Å². The first-order valence-corrected chi connectivity index (χ1v) is 7.99. The average molecular weight is 337 g/mol. The Morgan fingerprint density at radius 3 is 3.00 bits per heavy atom. The highest BCUT2D eigenvalue weighted by Gasteiger charge is 2.19. The highest BCUT2D eigenvalue weighted by atomic mass is 35.5. The summed E-state index contributed by atoms with van der Waals surface area (Å²) in [6.07, 6.45) is 0.897. The van der Waals surface area contributed by atoms with Crippen molar-refractivity contribution in [3.05, 3.63) is 40.0 Å². The van der Waals surface area contributed by atoms with Crippen LogP contribution in [0.5, 0.6) is 0 Å². The number of fused-ring (bicyclic) bond motifs is 1. The molecule has 22 heavy (non-hydrogen) atoms. The van der Waals surface area contributed by atoms with E-state index in [9.17, 15) is 4.79 Å². The van der Waals surface area contributed by atoms with Gasteiger partial charge in [0.05, 0.1) is 5.02 Å². The van der Waals surface area contributed by atoms with Crippen LogP contribution in [0.15, 0.2) is 24.3 Å². The van der Waals surface area contributed by atoms with Gasteiger partial charge in [0.15, 0.2) is 12.4 Å². The fraction of sp³-hybridized carbons (Fsp3) is 0.286. The molecule has 0 aliphatic rings. The number of ether oxygens (including phenoxy) is 1. The molecule has 6 nitrogen and oxygen atoms in total. The first-order valence-electron chi connectivity index (χ1n) is 6.80. The zero-order valence-corrected chi connectivity index (χ0v) is 13.4. The third-order valence-electron chi connectivity index (χ3n) is 3.09. The van der Waals surface area contributed by atoms with E-state index in [1.807, 2.05) is 31.2 Å². The predicted molar refractivity (Wildman–Crippen MR) is 84.1 cm³/mol. The number of tetrazole rings is 1. The number of carbonyl (C=O) groups is 1. The van der Waals surface area contributed by atoms with Crippen LogP contribution in [0.1, 0.15) is 28.8 Å². The second kappa shape index (κ2) is 6.41. The van der Waals surface area contributed by atoms with Gasteiger partial charge in [0.25, 0.3) is 0 Å². The molecule has 0 atom stereocenters. The Morgan fingerprint density at radius 1 is 1.41 bits per heavy atom. The van der Waals surface area contributed by atoms with Gasteiger partial charge in [-0.2, -0.15) is 0 Å². The van der Waals surface area contributed by atoms with Crippen molar-refractivity contribution in [2.24, 2.45) is 0 Å². The Kier molecular flexibility index (Phi) is 4.35. The maximum absolute atomic E-state index is 12.2. The van der Waals surface area contributed by atoms with Gasteiger partial charge in [-0.3, -0.25) is 0 Å². The van der Waals surface area contributed by atoms with Crippen LogP contribution in [0.2, 0.25) is 5.02 Å². The number of benzene rings is 1. The molecule has 0 saturated carbocycles. The Hall–Kier alpha value is -1.99. The quantitative estimate of drug-likeness (QED) is 0.668. The van der Waals surface area contributed by atoms with E-state index in [0.717, 1.165) is 16.5 Å². The summed E-state index contributed by atoms with van der Waals surface area (Å²) >= 11 is 7.58. The first-order chi connectivity index (χ1) is 10.7. The number of hydrogen-bond donors (Lipinski definition) is 0. The van der Waals surface area contributed by atoms with Crippen molar-refractivity contribution in [3.63, 3.8) is 0 Å². The van der Waals surface area contributed by atoms with Gasteiger partial charge in [-0.25, -0.2) is 9.48 Å². The molecule has 0 saturated heterocycles. The maximum Gasteiger partial charge on any atom is 0.350 e. The Bertz CT molecular complexity index is 814. The van der Waals surface area contributed by atoms with Gasteiger partial charge in [0.2, 0.25) is 0 Å². The van der Waals surface area contributed by atoms with E-state index in [4.69, 9.17) is 16.3 Å². The average Bonchev–Trinajstić information content (AvgIpc) is 3.11. The summed E-state index contributed by atoms with van der Waals surface area (Å²) in [5.41, 5.74) is 0. The van der Waals surface area contributed by atoms with Gasteiger partial charge in [0.1, 0.15) is 4.88 Å². The van der Waals surface area contributed by atoms with Crippen molar-refractivity contribution >= 4 is 39.0 Å². The van der Waals surface area contributed by atoms with Crippen LogP contribution in [0.4, 0.5) is 0 Å². The number of thiophene rings is 1. The van der Waals surface area contributed by atoms with Crippen LogP contribution in [-0.4, -0.2) is 26.2 Å². The lowest BCUT2D eigenvalue weighted by molar-refractivity contribution is 0.0462. The lowest BCUT2D eigenvalue weighted by Crippen LogP contribution is -2.10. The molecule has 0 aliphatic heterocycles. The van der Waals surface area contributed by atoms with Crippen LogP contribution in [0.3, 0.4) is 0 Å². The molecule has 0 fully saturated rings. The van der Waals surface area contributed by atoms with Crippen molar-refractivity contribution in [2.75, 3.05) is 0 Å². The third kappa shape index (κ3) is 2.82. The van der Waals surface area contributed by atoms with E-state index in [-0.39, 0.29) is 6.61 Å². The molecular weight excluding hydrogens is 324 g/mol. The van der Waals surface area contributed by atoms with Gasteiger partial charge in [0, 0.05) is 16.6 Å². The summed E-state index contributed by atoms with van der Waals surface area (Å²) in [6.45, 7) is 2.73. The van der Waals surface area contributed by atoms with Crippen molar-refractivity contribution in [1.29, 1.82) is 0 Å². The van der Waals surface area contributed by atoms with Crippen LogP contribution in [-0.2, 0) is 17.9 Å². The molecule has 0 bridgehead atoms. The summed E-state index contributed by atoms with van der Waals surface area (Å²) in [4.78, 5) is 12.6. The summed E-state index contributed by atoms with van der Waals surface area (Å²) < 4.78 is 7.87. The zero-order chi connectivity index (χ0) is 15.5. The predicted octanol–water partition coefficient (Wildman–Crippen LogP) is 3.31. The van der Waals surface area contributed by atoms with E-state index in [1.165, 1.54) is 11.3 Å². The number of carbonyl (C=O) groups excluding carboxylic acids is 1. The second-order valence-corrected chi connectivity index (χ2v) is 6.07. The summed E-state index contributed by atoms with van der Waals surface area (Å²) in [7, 11) is 0.